The molecule has 108 valence electrons. The van der Waals surface area contributed by atoms with E-state index in [0.29, 0.717) is 28.4 Å². The summed E-state index contributed by atoms with van der Waals surface area (Å²) in [5, 5.41) is 17.1. The maximum Gasteiger partial charge on any atom is 0.149 e. The molecule has 0 saturated carbocycles. The number of hydrogen-bond donors (Lipinski definition) is 1. The van der Waals surface area contributed by atoms with Crippen molar-refractivity contribution in [2.45, 2.75) is 13.5 Å². The second kappa shape index (κ2) is 4.53. The van der Waals surface area contributed by atoms with Gasteiger partial charge in [-0.3, -0.25) is 0 Å². The molecule has 0 saturated heterocycles. The maximum atomic E-state index is 11.4. The van der Waals surface area contributed by atoms with Gasteiger partial charge in [0.25, 0.3) is 0 Å². The zero-order valence-corrected chi connectivity index (χ0v) is 11.9. The molecule has 0 aliphatic rings. The van der Waals surface area contributed by atoms with Crippen LogP contribution in [0.15, 0.2) is 47.9 Å². The molecule has 4 rings (SSSR count). The Bertz CT molecular complexity index is 1050. The van der Waals surface area contributed by atoms with Crippen LogP contribution in [0.3, 0.4) is 0 Å². The fraction of sp³-hybridized carbons (Fsp3) is 0.118. The highest BCUT2D eigenvalue weighted by Gasteiger charge is 2.18. The number of rotatable bonds is 2. The predicted molar refractivity (Wildman–Crippen MR) is 87.5 cm³/mol. The molecule has 0 atom stereocenters. The van der Waals surface area contributed by atoms with E-state index >= 15 is 0 Å². The first-order chi connectivity index (χ1) is 10.7. The summed E-state index contributed by atoms with van der Waals surface area (Å²) < 4.78 is 1.81. The van der Waals surface area contributed by atoms with Crippen LogP contribution in [0.1, 0.15) is 6.92 Å². The molecule has 3 aromatic carbocycles. The zero-order chi connectivity index (χ0) is 15.3. The third kappa shape index (κ3) is 1.56. The molecule has 1 heterocycles. The smallest absolute Gasteiger partial charge is 0.149 e. The van der Waals surface area contributed by atoms with Crippen molar-refractivity contribution in [3.8, 4) is 5.75 Å². The zero-order valence-electron chi connectivity index (χ0n) is 11.9. The van der Waals surface area contributed by atoms with E-state index in [1.54, 1.807) is 6.33 Å². The Kier molecular flexibility index (Phi) is 2.63. The van der Waals surface area contributed by atoms with Gasteiger partial charge in [-0.2, -0.15) is 0 Å². The first kappa shape index (κ1) is 12.8. The standard InChI is InChI=1S/C17H13N3O2/c1-2-20-9-18-15-14(19-22)12-7-10-5-3-4-6-11(10)8-13(12)17(21)16(15)20/h3-9,21H,2H2,1H3. The van der Waals surface area contributed by atoms with Gasteiger partial charge in [-0.25, -0.2) is 4.98 Å². The SMILES string of the molecule is CCn1cnc2c(N=O)c3cc4ccccc4cc3c(O)c21. The van der Waals surface area contributed by atoms with Crippen LogP contribution < -0.4 is 0 Å². The second-order valence-corrected chi connectivity index (χ2v) is 5.26. The van der Waals surface area contributed by atoms with Crippen molar-refractivity contribution >= 4 is 38.3 Å². The molecule has 5 nitrogen and oxygen atoms in total. The summed E-state index contributed by atoms with van der Waals surface area (Å²) >= 11 is 0. The van der Waals surface area contributed by atoms with Crippen LogP contribution in [0.2, 0.25) is 0 Å². The molecular weight excluding hydrogens is 278 g/mol. The number of aryl methyl sites for hydroxylation is 1. The monoisotopic (exact) mass is 291 g/mol. The van der Waals surface area contributed by atoms with Crippen LogP contribution >= 0.6 is 0 Å². The van der Waals surface area contributed by atoms with Gasteiger partial charge >= 0.3 is 0 Å². The third-order valence-electron chi connectivity index (χ3n) is 4.11. The molecule has 1 N–H and O–H groups in total. The number of aromatic nitrogens is 2. The van der Waals surface area contributed by atoms with Gasteiger partial charge in [-0.1, -0.05) is 24.3 Å². The van der Waals surface area contributed by atoms with Crippen molar-refractivity contribution in [1.29, 1.82) is 0 Å². The Labute approximate surface area is 125 Å². The lowest BCUT2D eigenvalue weighted by atomic mass is 10.0. The molecule has 0 radical (unpaired) electrons. The van der Waals surface area contributed by atoms with Crippen LogP contribution in [0.25, 0.3) is 32.6 Å². The minimum absolute atomic E-state index is 0.141. The minimum Gasteiger partial charge on any atom is -0.505 e. The summed E-state index contributed by atoms with van der Waals surface area (Å²) in [5.41, 5.74) is 1.28. The van der Waals surface area contributed by atoms with Crippen molar-refractivity contribution in [3.05, 3.63) is 47.6 Å². The van der Waals surface area contributed by atoms with Crippen molar-refractivity contribution in [1.82, 2.24) is 9.55 Å². The van der Waals surface area contributed by atoms with Crippen LogP contribution in [-0.2, 0) is 6.54 Å². The summed E-state index contributed by atoms with van der Waals surface area (Å²) in [6.45, 7) is 2.61. The summed E-state index contributed by atoms with van der Waals surface area (Å²) in [6, 6.07) is 11.6. The van der Waals surface area contributed by atoms with Crippen LogP contribution in [0, 0.1) is 4.91 Å². The van der Waals surface area contributed by atoms with Crippen molar-refractivity contribution < 1.29 is 5.11 Å². The number of aromatic hydroxyl groups is 1. The lowest BCUT2D eigenvalue weighted by Gasteiger charge is -2.09. The Balaban J connectivity index is 2.30. The lowest BCUT2D eigenvalue weighted by molar-refractivity contribution is 0.484. The lowest BCUT2D eigenvalue weighted by Crippen LogP contribution is -1.92. The average Bonchev–Trinajstić information content (AvgIpc) is 2.98. The van der Waals surface area contributed by atoms with Crippen molar-refractivity contribution in [3.63, 3.8) is 0 Å². The van der Waals surface area contributed by atoms with Crippen LogP contribution in [0.4, 0.5) is 5.69 Å². The predicted octanol–water partition coefficient (Wildman–Crippen LogP) is 4.47. The maximum absolute atomic E-state index is 11.4. The molecule has 0 spiro atoms. The number of phenols is 1. The molecule has 0 aliphatic carbocycles. The van der Waals surface area contributed by atoms with Crippen LogP contribution in [-0.4, -0.2) is 14.7 Å². The van der Waals surface area contributed by atoms with E-state index in [9.17, 15) is 10.0 Å². The van der Waals surface area contributed by atoms with Gasteiger partial charge in [0.1, 0.15) is 22.5 Å². The minimum atomic E-state index is 0.141. The Morgan fingerprint density at radius 3 is 2.50 bits per heavy atom. The van der Waals surface area contributed by atoms with Gasteiger partial charge in [-0.15, -0.1) is 4.91 Å². The summed E-state index contributed by atoms with van der Waals surface area (Å²) in [6.07, 6.45) is 1.62. The number of phenolic OH excluding ortho intramolecular Hbond substituents is 1. The molecule has 5 heteroatoms. The fourth-order valence-electron chi connectivity index (χ4n) is 3.02. The highest BCUT2D eigenvalue weighted by Crippen LogP contribution is 2.42. The van der Waals surface area contributed by atoms with Gasteiger partial charge in [0.05, 0.1) is 6.33 Å². The first-order valence-electron chi connectivity index (χ1n) is 7.10. The van der Waals surface area contributed by atoms with E-state index in [-0.39, 0.29) is 11.4 Å². The molecule has 1 aromatic heterocycles. The van der Waals surface area contributed by atoms with E-state index in [1.807, 2.05) is 47.9 Å². The molecule has 0 unspecified atom stereocenters. The molecular formula is C17H13N3O2. The number of nitroso groups, excluding NO2 is 1. The van der Waals surface area contributed by atoms with Crippen molar-refractivity contribution in [2.24, 2.45) is 5.18 Å². The van der Waals surface area contributed by atoms with Crippen LogP contribution in [0.5, 0.6) is 5.75 Å². The molecule has 0 bridgehead atoms. The Hall–Kier alpha value is -2.95. The summed E-state index contributed by atoms with van der Waals surface area (Å²) in [5.74, 6) is 0.141. The van der Waals surface area contributed by atoms with Gasteiger partial charge in [-0.05, 0) is 35.0 Å². The van der Waals surface area contributed by atoms with Gasteiger partial charge in [0.15, 0.2) is 0 Å². The van der Waals surface area contributed by atoms with E-state index in [2.05, 4.69) is 10.2 Å². The fourth-order valence-corrected chi connectivity index (χ4v) is 3.02. The number of benzene rings is 3. The van der Waals surface area contributed by atoms with Gasteiger partial charge < -0.3 is 9.67 Å². The van der Waals surface area contributed by atoms with E-state index in [4.69, 9.17) is 0 Å². The van der Waals surface area contributed by atoms with Gasteiger partial charge in [0, 0.05) is 17.3 Å². The topological polar surface area (TPSA) is 67.5 Å². The summed E-state index contributed by atoms with van der Waals surface area (Å²) in [7, 11) is 0. The number of imidazole rings is 1. The molecule has 0 fully saturated rings. The number of fused-ring (bicyclic) bond motifs is 3. The highest BCUT2D eigenvalue weighted by atomic mass is 16.3. The summed E-state index contributed by atoms with van der Waals surface area (Å²) in [4.78, 5) is 15.7. The molecule has 4 aromatic rings. The molecule has 0 aliphatic heterocycles. The quantitative estimate of drug-likeness (QED) is 0.438. The largest absolute Gasteiger partial charge is 0.505 e. The average molecular weight is 291 g/mol. The van der Waals surface area contributed by atoms with E-state index < -0.39 is 0 Å². The number of nitrogens with zero attached hydrogens (tertiary/aromatic N) is 3. The van der Waals surface area contributed by atoms with Gasteiger partial charge in [0.2, 0.25) is 0 Å². The highest BCUT2D eigenvalue weighted by molar-refractivity contribution is 6.15. The molecule has 0 amide bonds. The van der Waals surface area contributed by atoms with Crippen molar-refractivity contribution in [2.75, 3.05) is 0 Å². The Morgan fingerprint density at radius 1 is 1.18 bits per heavy atom. The first-order valence-corrected chi connectivity index (χ1v) is 7.10. The third-order valence-corrected chi connectivity index (χ3v) is 4.11. The normalized spacial score (nSPS) is 11.5. The Morgan fingerprint density at radius 2 is 1.86 bits per heavy atom. The van der Waals surface area contributed by atoms with E-state index in [1.165, 1.54) is 0 Å². The number of hydrogen-bond acceptors (Lipinski definition) is 4. The van der Waals surface area contributed by atoms with E-state index in [0.717, 1.165) is 10.8 Å². The second-order valence-electron chi connectivity index (χ2n) is 5.26. The molecule has 22 heavy (non-hydrogen) atoms.